The van der Waals surface area contributed by atoms with Gasteiger partial charge in [-0.25, -0.2) is 0 Å². The van der Waals surface area contributed by atoms with E-state index in [2.05, 4.69) is 9.98 Å². The molecule has 4 nitrogen and oxygen atoms in total. The van der Waals surface area contributed by atoms with Crippen molar-refractivity contribution in [3.8, 4) is 0 Å². The van der Waals surface area contributed by atoms with Crippen LogP contribution in [-0.4, -0.2) is 23.3 Å². The lowest BCUT2D eigenvalue weighted by Crippen LogP contribution is -2.20. The number of aldehydes is 2. The Morgan fingerprint density at radius 3 is 2.28 bits per heavy atom. The average molecular weight is 334 g/mol. The molecule has 0 spiro atoms. The molecule has 0 aliphatic carbocycles. The van der Waals surface area contributed by atoms with Crippen LogP contribution in [0.15, 0.2) is 41.0 Å². The molecule has 2 aromatic rings. The van der Waals surface area contributed by atoms with Gasteiger partial charge in [0, 0.05) is 17.4 Å². The van der Waals surface area contributed by atoms with E-state index in [0.29, 0.717) is 17.8 Å². The zero-order chi connectivity index (χ0) is 18.2. The molecule has 4 heteroatoms. The number of nitrogens with zero attached hydrogens (tertiary/aromatic N) is 1. The SMILES string of the molecule is Cc1c(C=O)[nH]c(/C(=C2\CC(C)(C)C(C=O)=N2)c2ccccc2)c1C. The van der Waals surface area contributed by atoms with Gasteiger partial charge in [0.1, 0.15) is 0 Å². The summed E-state index contributed by atoms with van der Waals surface area (Å²) in [6.07, 6.45) is 2.37. The summed E-state index contributed by atoms with van der Waals surface area (Å²) in [6.45, 7) is 7.99. The topological polar surface area (TPSA) is 62.3 Å². The third-order valence-corrected chi connectivity index (χ3v) is 4.99. The van der Waals surface area contributed by atoms with Gasteiger partial charge in [-0.3, -0.25) is 14.6 Å². The van der Waals surface area contributed by atoms with E-state index in [1.54, 1.807) is 0 Å². The van der Waals surface area contributed by atoms with Crippen LogP contribution in [0.1, 0.15) is 53.1 Å². The van der Waals surface area contributed by atoms with Crippen molar-refractivity contribution in [3.63, 3.8) is 0 Å². The molecule has 1 aliphatic heterocycles. The number of aliphatic imine (C=N–C) groups is 1. The fourth-order valence-electron chi connectivity index (χ4n) is 3.32. The Kier molecular flexibility index (Phi) is 4.29. The molecule has 0 bridgehead atoms. The van der Waals surface area contributed by atoms with Crippen LogP contribution < -0.4 is 0 Å². The van der Waals surface area contributed by atoms with Crippen molar-refractivity contribution >= 4 is 23.9 Å². The second kappa shape index (κ2) is 6.28. The third-order valence-electron chi connectivity index (χ3n) is 4.99. The highest BCUT2D eigenvalue weighted by atomic mass is 16.1. The van der Waals surface area contributed by atoms with Crippen molar-refractivity contribution < 1.29 is 9.59 Å². The van der Waals surface area contributed by atoms with Gasteiger partial charge in [0.15, 0.2) is 12.6 Å². The number of hydrogen-bond acceptors (Lipinski definition) is 3. The molecule has 1 aliphatic rings. The summed E-state index contributed by atoms with van der Waals surface area (Å²) < 4.78 is 0. The number of aromatic amines is 1. The van der Waals surface area contributed by atoms with E-state index >= 15 is 0 Å². The number of aromatic nitrogens is 1. The van der Waals surface area contributed by atoms with Crippen LogP contribution >= 0.6 is 0 Å². The van der Waals surface area contributed by atoms with Crippen molar-refractivity contribution in [1.82, 2.24) is 4.98 Å². The summed E-state index contributed by atoms with van der Waals surface area (Å²) in [7, 11) is 0. The molecule has 0 atom stereocenters. The maximum absolute atomic E-state index is 11.4. The minimum Gasteiger partial charge on any atom is -0.352 e. The second-order valence-electron chi connectivity index (χ2n) is 7.14. The van der Waals surface area contributed by atoms with E-state index in [1.165, 1.54) is 0 Å². The lowest BCUT2D eigenvalue weighted by molar-refractivity contribution is -0.103. The Labute approximate surface area is 147 Å². The molecule has 3 rings (SSSR count). The Bertz CT molecular complexity index is 899. The number of nitrogens with one attached hydrogen (secondary N) is 1. The average Bonchev–Trinajstić information content (AvgIpc) is 3.06. The van der Waals surface area contributed by atoms with Gasteiger partial charge in [0.2, 0.25) is 0 Å². The molecule has 1 aromatic carbocycles. The fraction of sp³-hybridized carbons (Fsp3) is 0.286. The predicted molar refractivity (Wildman–Crippen MR) is 100 cm³/mol. The summed E-state index contributed by atoms with van der Waals surface area (Å²) in [5.74, 6) is 0. The molecular formula is C21H22N2O2. The first-order valence-corrected chi connectivity index (χ1v) is 8.36. The van der Waals surface area contributed by atoms with Crippen LogP contribution in [0.5, 0.6) is 0 Å². The highest BCUT2D eigenvalue weighted by Crippen LogP contribution is 2.41. The summed E-state index contributed by atoms with van der Waals surface area (Å²) in [5, 5.41) is 0. The molecule has 0 radical (unpaired) electrons. The third kappa shape index (κ3) is 2.88. The predicted octanol–water partition coefficient (Wildman–Crippen LogP) is 4.27. The molecular weight excluding hydrogens is 312 g/mol. The Morgan fingerprint density at radius 2 is 1.76 bits per heavy atom. The first-order valence-electron chi connectivity index (χ1n) is 8.36. The Balaban J connectivity index is 2.31. The lowest BCUT2D eigenvalue weighted by atomic mass is 9.84. The summed E-state index contributed by atoms with van der Waals surface area (Å²) in [6, 6.07) is 9.98. The number of H-pyrrole nitrogens is 1. The standard InChI is InChI=1S/C21H22N2O2/c1-13-14(2)20(23-17(13)11-24)19(15-8-6-5-7-9-15)16-10-21(3,4)18(12-25)22-16/h5-9,11-12,23H,10H2,1-4H3/b19-16+. The van der Waals surface area contributed by atoms with Crippen LogP contribution in [0.4, 0.5) is 0 Å². The molecule has 0 unspecified atom stereocenters. The monoisotopic (exact) mass is 334 g/mol. The van der Waals surface area contributed by atoms with Gasteiger partial charge in [0.25, 0.3) is 0 Å². The van der Waals surface area contributed by atoms with Crippen LogP contribution in [0.2, 0.25) is 0 Å². The summed E-state index contributed by atoms with van der Waals surface area (Å²) >= 11 is 0. The number of carbonyl (C=O) groups excluding carboxylic acids is 2. The minimum atomic E-state index is -0.292. The number of rotatable bonds is 4. The summed E-state index contributed by atoms with van der Waals surface area (Å²) in [5.41, 5.74) is 6.57. The number of hydrogen-bond donors (Lipinski definition) is 1. The molecule has 0 saturated carbocycles. The van der Waals surface area contributed by atoms with Crippen LogP contribution in [0.25, 0.3) is 5.57 Å². The van der Waals surface area contributed by atoms with Crippen molar-refractivity contribution in [2.24, 2.45) is 10.4 Å². The highest BCUT2D eigenvalue weighted by Gasteiger charge is 2.34. The van der Waals surface area contributed by atoms with Crippen molar-refractivity contribution in [1.29, 1.82) is 0 Å². The highest BCUT2D eigenvalue weighted by molar-refractivity contribution is 6.32. The molecule has 2 heterocycles. The molecule has 25 heavy (non-hydrogen) atoms. The second-order valence-corrected chi connectivity index (χ2v) is 7.14. The summed E-state index contributed by atoms with van der Waals surface area (Å²) in [4.78, 5) is 30.7. The Hall–Kier alpha value is -2.75. The first-order chi connectivity index (χ1) is 11.9. The maximum Gasteiger partial charge on any atom is 0.166 e. The maximum atomic E-state index is 11.4. The van der Waals surface area contributed by atoms with E-state index in [-0.39, 0.29) is 5.41 Å². The van der Waals surface area contributed by atoms with Gasteiger partial charge in [-0.2, -0.15) is 0 Å². The van der Waals surface area contributed by atoms with Crippen molar-refractivity contribution in [2.45, 2.75) is 34.1 Å². The van der Waals surface area contributed by atoms with E-state index in [1.807, 2.05) is 58.0 Å². The lowest BCUT2D eigenvalue weighted by Gasteiger charge is -2.17. The fourth-order valence-corrected chi connectivity index (χ4v) is 3.32. The zero-order valence-electron chi connectivity index (χ0n) is 15.0. The van der Waals surface area contributed by atoms with E-state index in [4.69, 9.17) is 0 Å². The molecule has 1 aromatic heterocycles. The quantitative estimate of drug-likeness (QED) is 0.849. The van der Waals surface area contributed by atoms with Crippen LogP contribution in [0, 0.1) is 19.3 Å². The van der Waals surface area contributed by atoms with Gasteiger partial charge >= 0.3 is 0 Å². The van der Waals surface area contributed by atoms with Gasteiger partial charge < -0.3 is 4.98 Å². The molecule has 128 valence electrons. The van der Waals surface area contributed by atoms with Crippen LogP contribution in [0.3, 0.4) is 0 Å². The van der Waals surface area contributed by atoms with Gasteiger partial charge in [0.05, 0.1) is 22.8 Å². The number of allylic oxidation sites excluding steroid dienone is 1. The van der Waals surface area contributed by atoms with Crippen molar-refractivity contribution in [2.75, 3.05) is 0 Å². The van der Waals surface area contributed by atoms with Crippen molar-refractivity contribution in [3.05, 3.63) is 64.1 Å². The normalized spacial score (nSPS) is 18.0. The zero-order valence-corrected chi connectivity index (χ0v) is 15.0. The van der Waals surface area contributed by atoms with E-state index < -0.39 is 0 Å². The van der Waals surface area contributed by atoms with E-state index in [0.717, 1.165) is 46.2 Å². The molecule has 0 saturated heterocycles. The number of carbonyl (C=O) groups is 2. The number of benzene rings is 1. The van der Waals surface area contributed by atoms with E-state index in [9.17, 15) is 9.59 Å². The molecule has 0 fully saturated rings. The minimum absolute atomic E-state index is 0.292. The largest absolute Gasteiger partial charge is 0.352 e. The van der Waals surface area contributed by atoms with Gasteiger partial charge in [-0.1, -0.05) is 44.2 Å². The first kappa shape index (κ1) is 17.1. The van der Waals surface area contributed by atoms with Gasteiger partial charge in [-0.05, 0) is 30.5 Å². The van der Waals surface area contributed by atoms with Gasteiger partial charge in [-0.15, -0.1) is 0 Å². The molecule has 0 amide bonds. The van der Waals surface area contributed by atoms with Crippen LogP contribution in [-0.2, 0) is 4.79 Å². The smallest absolute Gasteiger partial charge is 0.166 e. The molecule has 1 N–H and O–H groups in total. The Morgan fingerprint density at radius 1 is 1.08 bits per heavy atom.